The second-order valence-corrected chi connectivity index (χ2v) is 5.75. The summed E-state index contributed by atoms with van der Waals surface area (Å²) in [5, 5.41) is 10.5. The number of aromatic nitrogens is 1. The van der Waals surface area contributed by atoms with Gasteiger partial charge in [-0.15, -0.1) is 0 Å². The minimum absolute atomic E-state index is 0.631. The molecule has 0 aliphatic carbocycles. The van der Waals surface area contributed by atoms with Gasteiger partial charge in [-0.3, -0.25) is 4.98 Å². The van der Waals surface area contributed by atoms with Gasteiger partial charge in [-0.05, 0) is 42.3 Å². The van der Waals surface area contributed by atoms with E-state index in [2.05, 4.69) is 20.9 Å². The molecule has 1 aromatic carbocycles. The Hall–Kier alpha value is -1.19. The van der Waals surface area contributed by atoms with Crippen molar-refractivity contribution in [1.82, 2.24) is 4.98 Å². The molecular formula is C15H16BrNO. The average Bonchev–Trinajstić information content (AvgIpc) is 2.32. The summed E-state index contributed by atoms with van der Waals surface area (Å²) in [6, 6.07) is 11.9. The molecule has 94 valence electrons. The summed E-state index contributed by atoms with van der Waals surface area (Å²) in [5.74, 6) is 0. The van der Waals surface area contributed by atoms with Crippen molar-refractivity contribution in [3.63, 3.8) is 0 Å². The van der Waals surface area contributed by atoms with Crippen LogP contribution in [0.25, 0.3) is 0 Å². The molecule has 0 fully saturated rings. The monoisotopic (exact) mass is 305 g/mol. The third-order valence-corrected chi connectivity index (χ3v) is 3.36. The highest BCUT2D eigenvalue weighted by atomic mass is 79.9. The topological polar surface area (TPSA) is 33.1 Å². The van der Waals surface area contributed by atoms with Crippen LogP contribution < -0.4 is 0 Å². The van der Waals surface area contributed by atoms with E-state index in [-0.39, 0.29) is 0 Å². The van der Waals surface area contributed by atoms with Crippen LogP contribution in [-0.4, -0.2) is 15.7 Å². The first-order chi connectivity index (χ1) is 8.55. The summed E-state index contributed by atoms with van der Waals surface area (Å²) in [7, 11) is 0. The lowest BCUT2D eigenvalue weighted by Crippen LogP contribution is -2.30. The third kappa shape index (κ3) is 3.93. The van der Waals surface area contributed by atoms with Crippen LogP contribution in [0.2, 0.25) is 0 Å². The Kier molecular flexibility index (Phi) is 4.15. The van der Waals surface area contributed by atoms with Crippen molar-refractivity contribution in [2.24, 2.45) is 0 Å². The summed E-state index contributed by atoms with van der Waals surface area (Å²) in [5.41, 5.74) is 1.50. The molecule has 1 heterocycles. The zero-order valence-electron chi connectivity index (χ0n) is 10.3. The van der Waals surface area contributed by atoms with Crippen LogP contribution in [0.3, 0.4) is 0 Å². The molecule has 0 saturated carbocycles. The van der Waals surface area contributed by atoms with E-state index in [1.54, 1.807) is 12.4 Å². The molecule has 2 nitrogen and oxygen atoms in total. The number of rotatable bonds is 4. The summed E-state index contributed by atoms with van der Waals surface area (Å²) >= 11 is 3.41. The summed E-state index contributed by atoms with van der Waals surface area (Å²) < 4.78 is 1.06. The number of hydrogen-bond donors (Lipinski definition) is 1. The smallest absolute Gasteiger partial charge is 0.0700 e. The van der Waals surface area contributed by atoms with Gasteiger partial charge >= 0.3 is 0 Å². The predicted molar refractivity (Wildman–Crippen MR) is 76.4 cm³/mol. The van der Waals surface area contributed by atoms with Crippen molar-refractivity contribution in [3.05, 3.63) is 64.4 Å². The minimum Gasteiger partial charge on any atom is -0.389 e. The van der Waals surface area contributed by atoms with Gasteiger partial charge in [0.1, 0.15) is 0 Å². The van der Waals surface area contributed by atoms with E-state index < -0.39 is 5.60 Å². The fourth-order valence-electron chi connectivity index (χ4n) is 2.04. The molecule has 1 unspecified atom stereocenters. The highest BCUT2D eigenvalue weighted by molar-refractivity contribution is 9.10. The lowest BCUT2D eigenvalue weighted by atomic mass is 9.90. The lowest BCUT2D eigenvalue weighted by molar-refractivity contribution is 0.0608. The second kappa shape index (κ2) is 5.63. The number of benzene rings is 1. The van der Waals surface area contributed by atoms with Gasteiger partial charge in [0.15, 0.2) is 0 Å². The first-order valence-corrected chi connectivity index (χ1v) is 6.70. The van der Waals surface area contributed by atoms with Gasteiger partial charge in [-0.1, -0.05) is 28.1 Å². The Balaban J connectivity index is 2.05. The zero-order valence-corrected chi connectivity index (χ0v) is 11.9. The Morgan fingerprint density at radius 1 is 1.00 bits per heavy atom. The summed E-state index contributed by atoms with van der Waals surface area (Å²) in [6.45, 7) is 1.87. The standard InChI is InChI=1S/C15H16BrNO/c1-15(18,11-13-6-8-17-9-7-13)10-12-2-4-14(16)5-3-12/h2-9,18H,10-11H2,1H3. The molecule has 2 aromatic rings. The largest absolute Gasteiger partial charge is 0.389 e. The van der Waals surface area contributed by atoms with Gasteiger partial charge in [-0.2, -0.15) is 0 Å². The predicted octanol–water partition coefficient (Wildman–Crippen LogP) is 3.38. The zero-order chi connectivity index (χ0) is 13.0. The normalized spacial score (nSPS) is 14.2. The Labute approximate surface area is 116 Å². The first kappa shape index (κ1) is 13.2. The highest BCUT2D eigenvalue weighted by Crippen LogP contribution is 2.20. The van der Waals surface area contributed by atoms with Crippen molar-refractivity contribution in [3.8, 4) is 0 Å². The molecule has 18 heavy (non-hydrogen) atoms. The first-order valence-electron chi connectivity index (χ1n) is 5.91. The Bertz CT molecular complexity index is 494. The number of aliphatic hydroxyl groups is 1. The fraction of sp³-hybridized carbons (Fsp3) is 0.267. The van der Waals surface area contributed by atoms with Crippen molar-refractivity contribution in [2.45, 2.75) is 25.4 Å². The van der Waals surface area contributed by atoms with E-state index >= 15 is 0 Å². The summed E-state index contributed by atoms with van der Waals surface area (Å²) in [4.78, 5) is 3.98. The van der Waals surface area contributed by atoms with Gasteiger partial charge in [0.25, 0.3) is 0 Å². The van der Waals surface area contributed by atoms with E-state index in [1.165, 1.54) is 0 Å². The second-order valence-electron chi connectivity index (χ2n) is 4.83. The molecule has 0 bridgehead atoms. The van der Waals surface area contributed by atoms with Crippen molar-refractivity contribution in [2.75, 3.05) is 0 Å². The maximum atomic E-state index is 10.5. The number of pyridine rings is 1. The van der Waals surface area contributed by atoms with Gasteiger partial charge in [0.2, 0.25) is 0 Å². The number of nitrogens with zero attached hydrogens (tertiary/aromatic N) is 1. The van der Waals surface area contributed by atoms with Crippen molar-refractivity contribution < 1.29 is 5.11 Å². The average molecular weight is 306 g/mol. The van der Waals surface area contributed by atoms with Crippen LogP contribution in [0.1, 0.15) is 18.1 Å². The number of halogens is 1. The van der Waals surface area contributed by atoms with Gasteiger partial charge in [-0.25, -0.2) is 0 Å². The Morgan fingerprint density at radius 3 is 2.06 bits per heavy atom. The van der Waals surface area contributed by atoms with E-state index in [0.717, 1.165) is 15.6 Å². The quantitative estimate of drug-likeness (QED) is 0.939. The highest BCUT2D eigenvalue weighted by Gasteiger charge is 2.21. The third-order valence-electron chi connectivity index (χ3n) is 2.83. The molecule has 1 N–H and O–H groups in total. The molecule has 1 atom stereocenters. The maximum absolute atomic E-state index is 10.5. The van der Waals surface area contributed by atoms with Gasteiger partial charge in [0.05, 0.1) is 5.60 Å². The molecular weight excluding hydrogens is 290 g/mol. The Morgan fingerprint density at radius 2 is 1.50 bits per heavy atom. The molecule has 2 rings (SSSR count). The van der Waals surface area contributed by atoms with Crippen LogP contribution >= 0.6 is 15.9 Å². The van der Waals surface area contributed by atoms with Crippen LogP contribution in [0.4, 0.5) is 0 Å². The van der Waals surface area contributed by atoms with E-state index in [0.29, 0.717) is 12.8 Å². The van der Waals surface area contributed by atoms with Crippen LogP contribution in [0, 0.1) is 0 Å². The van der Waals surface area contributed by atoms with E-state index in [4.69, 9.17) is 0 Å². The maximum Gasteiger partial charge on any atom is 0.0700 e. The SMILES string of the molecule is CC(O)(Cc1ccncc1)Cc1ccc(Br)cc1. The molecule has 1 aromatic heterocycles. The van der Waals surface area contributed by atoms with Crippen LogP contribution in [0.5, 0.6) is 0 Å². The molecule has 0 aliphatic heterocycles. The molecule has 0 saturated heterocycles. The molecule has 0 radical (unpaired) electrons. The van der Waals surface area contributed by atoms with Gasteiger partial charge in [0, 0.05) is 29.7 Å². The minimum atomic E-state index is -0.741. The van der Waals surface area contributed by atoms with Crippen LogP contribution in [-0.2, 0) is 12.8 Å². The molecule has 0 amide bonds. The van der Waals surface area contributed by atoms with Crippen molar-refractivity contribution in [1.29, 1.82) is 0 Å². The fourth-order valence-corrected chi connectivity index (χ4v) is 2.31. The van der Waals surface area contributed by atoms with E-state index in [1.807, 2.05) is 43.3 Å². The lowest BCUT2D eigenvalue weighted by Gasteiger charge is -2.23. The van der Waals surface area contributed by atoms with Gasteiger partial charge < -0.3 is 5.11 Å². The molecule has 3 heteroatoms. The molecule has 0 spiro atoms. The number of hydrogen-bond acceptors (Lipinski definition) is 2. The van der Waals surface area contributed by atoms with Crippen LogP contribution in [0.15, 0.2) is 53.3 Å². The van der Waals surface area contributed by atoms with Crippen molar-refractivity contribution >= 4 is 15.9 Å². The summed E-state index contributed by atoms with van der Waals surface area (Å²) in [6.07, 6.45) is 4.78. The van der Waals surface area contributed by atoms with E-state index in [9.17, 15) is 5.11 Å². The molecule has 0 aliphatic rings.